The monoisotopic (exact) mass is 245 g/mol. The van der Waals surface area contributed by atoms with Gasteiger partial charge in [0.2, 0.25) is 0 Å². The molecule has 88 valence electrons. The maximum absolute atomic E-state index is 6.16. The van der Waals surface area contributed by atoms with Crippen molar-refractivity contribution < 1.29 is 0 Å². The highest BCUT2D eigenvalue weighted by atomic mass is 35.5. The van der Waals surface area contributed by atoms with E-state index >= 15 is 0 Å². The van der Waals surface area contributed by atoms with Gasteiger partial charge in [-0.25, -0.2) is 0 Å². The van der Waals surface area contributed by atoms with Gasteiger partial charge in [-0.05, 0) is 29.5 Å². The standard InChI is InChI=1S/C15H15N.ClH/c16-15(10-11-15)14-8-6-13(7-9-14)12-4-2-1-3-5-12;/h1-9H,10-11,16H2;1H. The minimum atomic E-state index is -0.0186. The molecule has 0 unspecified atom stereocenters. The number of rotatable bonds is 2. The fourth-order valence-electron chi connectivity index (χ4n) is 2.05. The van der Waals surface area contributed by atoms with E-state index in [4.69, 9.17) is 5.73 Å². The van der Waals surface area contributed by atoms with Crippen LogP contribution in [-0.4, -0.2) is 0 Å². The minimum Gasteiger partial charge on any atom is -0.321 e. The molecule has 0 atom stereocenters. The summed E-state index contributed by atoms with van der Waals surface area (Å²) in [6, 6.07) is 19.1. The summed E-state index contributed by atoms with van der Waals surface area (Å²) >= 11 is 0. The van der Waals surface area contributed by atoms with E-state index in [1.54, 1.807) is 0 Å². The molecule has 1 nitrogen and oxygen atoms in total. The van der Waals surface area contributed by atoms with Gasteiger partial charge < -0.3 is 5.73 Å². The zero-order valence-electron chi connectivity index (χ0n) is 9.60. The predicted molar refractivity (Wildman–Crippen MR) is 74.2 cm³/mol. The molecule has 2 N–H and O–H groups in total. The van der Waals surface area contributed by atoms with Crippen LogP contribution in [0.25, 0.3) is 11.1 Å². The second-order valence-corrected chi connectivity index (χ2v) is 4.60. The molecule has 0 spiro atoms. The molecule has 0 heterocycles. The maximum Gasteiger partial charge on any atom is 0.0411 e. The Balaban J connectivity index is 0.00000108. The Morgan fingerprint density at radius 1 is 0.765 bits per heavy atom. The molecule has 17 heavy (non-hydrogen) atoms. The van der Waals surface area contributed by atoms with Crippen LogP contribution in [0.1, 0.15) is 18.4 Å². The first kappa shape index (κ1) is 12.2. The molecule has 0 aromatic heterocycles. The molecule has 0 aliphatic heterocycles. The van der Waals surface area contributed by atoms with Crippen LogP contribution in [0.4, 0.5) is 0 Å². The number of hydrogen-bond acceptors (Lipinski definition) is 1. The molecule has 3 rings (SSSR count). The third kappa shape index (κ3) is 2.36. The van der Waals surface area contributed by atoms with Crippen molar-refractivity contribution in [3.05, 3.63) is 60.2 Å². The average Bonchev–Trinajstić information content (AvgIpc) is 3.10. The van der Waals surface area contributed by atoms with Gasteiger partial charge in [0.15, 0.2) is 0 Å². The largest absolute Gasteiger partial charge is 0.321 e. The highest BCUT2D eigenvalue weighted by Crippen LogP contribution is 2.42. The zero-order chi connectivity index (χ0) is 11.0. The van der Waals surface area contributed by atoms with Gasteiger partial charge in [-0.3, -0.25) is 0 Å². The van der Waals surface area contributed by atoms with Crippen molar-refractivity contribution >= 4 is 12.4 Å². The summed E-state index contributed by atoms with van der Waals surface area (Å²) in [5.41, 5.74) is 9.93. The summed E-state index contributed by atoms with van der Waals surface area (Å²) < 4.78 is 0. The summed E-state index contributed by atoms with van der Waals surface area (Å²) in [4.78, 5) is 0. The Kier molecular flexibility index (Phi) is 3.23. The van der Waals surface area contributed by atoms with Crippen LogP contribution in [0.2, 0.25) is 0 Å². The Labute approximate surface area is 108 Å². The average molecular weight is 246 g/mol. The molecule has 2 aromatic rings. The second-order valence-electron chi connectivity index (χ2n) is 4.60. The zero-order valence-corrected chi connectivity index (χ0v) is 10.4. The minimum absolute atomic E-state index is 0. The second kappa shape index (κ2) is 4.52. The number of halogens is 1. The highest BCUT2D eigenvalue weighted by Gasteiger charge is 2.39. The van der Waals surface area contributed by atoms with Crippen molar-refractivity contribution in [3.63, 3.8) is 0 Å². The fraction of sp³-hybridized carbons (Fsp3) is 0.200. The molecule has 0 amide bonds. The predicted octanol–water partition coefficient (Wildman–Crippen LogP) is 3.72. The van der Waals surface area contributed by atoms with Gasteiger partial charge in [0, 0.05) is 5.54 Å². The summed E-state index contributed by atoms with van der Waals surface area (Å²) in [5.74, 6) is 0. The fourth-order valence-corrected chi connectivity index (χ4v) is 2.05. The van der Waals surface area contributed by atoms with E-state index in [2.05, 4.69) is 48.5 Å². The van der Waals surface area contributed by atoms with Crippen LogP contribution in [0.3, 0.4) is 0 Å². The van der Waals surface area contributed by atoms with E-state index in [0.717, 1.165) is 12.8 Å². The first-order valence-electron chi connectivity index (χ1n) is 5.73. The Bertz CT molecular complexity index is 486. The summed E-state index contributed by atoms with van der Waals surface area (Å²) in [5, 5.41) is 0. The molecule has 1 aliphatic carbocycles. The van der Waals surface area contributed by atoms with Crippen LogP contribution in [0, 0.1) is 0 Å². The lowest BCUT2D eigenvalue weighted by Crippen LogP contribution is -2.18. The van der Waals surface area contributed by atoms with Crippen molar-refractivity contribution in [1.29, 1.82) is 0 Å². The maximum atomic E-state index is 6.16. The van der Waals surface area contributed by atoms with Crippen LogP contribution >= 0.6 is 12.4 Å². The van der Waals surface area contributed by atoms with E-state index < -0.39 is 0 Å². The molecule has 2 heteroatoms. The molecular weight excluding hydrogens is 230 g/mol. The van der Waals surface area contributed by atoms with E-state index in [9.17, 15) is 0 Å². The van der Waals surface area contributed by atoms with Crippen molar-refractivity contribution in [2.24, 2.45) is 5.73 Å². The number of nitrogens with two attached hydrogens (primary N) is 1. The van der Waals surface area contributed by atoms with E-state index in [1.165, 1.54) is 16.7 Å². The summed E-state index contributed by atoms with van der Waals surface area (Å²) in [6.45, 7) is 0. The number of hydrogen-bond donors (Lipinski definition) is 1. The topological polar surface area (TPSA) is 26.0 Å². The van der Waals surface area contributed by atoms with Crippen molar-refractivity contribution in [2.75, 3.05) is 0 Å². The van der Waals surface area contributed by atoms with Crippen molar-refractivity contribution in [3.8, 4) is 11.1 Å². The first-order chi connectivity index (χ1) is 7.78. The molecule has 0 bridgehead atoms. The van der Waals surface area contributed by atoms with Gasteiger partial charge in [-0.1, -0.05) is 54.6 Å². The van der Waals surface area contributed by atoms with Crippen LogP contribution < -0.4 is 5.73 Å². The third-order valence-corrected chi connectivity index (χ3v) is 3.36. The molecular formula is C15H16ClN. The molecule has 1 fully saturated rings. The Morgan fingerprint density at radius 3 is 1.82 bits per heavy atom. The Hall–Kier alpha value is -1.31. The quantitative estimate of drug-likeness (QED) is 0.857. The van der Waals surface area contributed by atoms with Crippen LogP contribution in [0.15, 0.2) is 54.6 Å². The van der Waals surface area contributed by atoms with Crippen LogP contribution in [0.5, 0.6) is 0 Å². The highest BCUT2D eigenvalue weighted by molar-refractivity contribution is 5.85. The van der Waals surface area contributed by atoms with E-state index in [-0.39, 0.29) is 17.9 Å². The van der Waals surface area contributed by atoms with Gasteiger partial charge in [0.1, 0.15) is 0 Å². The van der Waals surface area contributed by atoms with Gasteiger partial charge in [0.05, 0.1) is 0 Å². The van der Waals surface area contributed by atoms with Crippen LogP contribution in [-0.2, 0) is 5.54 Å². The SMILES string of the molecule is Cl.NC1(c2ccc(-c3ccccc3)cc2)CC1. The van der Waals surface area contributed by atoms with Crippen molar-refractivity contribution in [2.45, 2.75) is 18.4 Å². The molecule has 1 aliphatic rings. The van der Waals surface area contributed by atoms with E-state index in [1.807, 2.05) is 6.07 Å². The normalized spacial score (nSPS) is 16.1. The molecule has 0 radical (unpaired) electrons. The number of benzene rings is 2. The molecule has 1 saturated carbocycles. The molecule has 0 saturated heterocycles. The Morgan fingerprint density at radius 2 is 1.29 bits per heavy atom. The lowest BCUT2D eigenvalue weighted by molar-refractivity contribution is 0.740. The lowest BCUT2D eigenvalue weighted by atomic mass is 10.0. The van der Waals surface area contributed by atoms with Gasteiger partial charge in [-0.15, -0.1) is 12.4 Å². The lowest BCUT2D eigenvalue weighted by Gasteiger charge is -2.09. The van der Waals surface area contributed by atoms with Crippen molar-refractivity contribution in [1.82, 2.24) is 0 Å². The van der Waals surface area contributed by atoms with E-state index in [0.29, 0.717) is 0 Å². The van der Waals surface area contributed by atoms with Gasteiger partial charge in [-0.2, -0.15) is 0 Å². The van der Waals surface area contributed by atoms with Gasteiger partial charge >= 0.3 is 0 Å². The third-order valence-electron chi connectivity index (χ3n) is 3.36. The smallest absolute Gasteiger partial charge is 0.0411 e. The summed E-state index contributed by atoms with van der Waals surface area (Å²) in [6.07, 6.45) is 2.25. The van der Waals surface area contributed by atoms with Gasteiger partial charge in [0.25, 0.3) is 0 Å². The molecule has 2 aromatic carbocycles. The summed E-state index contributed by atoms with van der Waals surface area (Å²) in [7, 11) is 0. The first-order valence-corrected chi connectivity index (χ1v) is 5.73.